The fourth-order valence-corrected chi connectivity index (χ4v) is 3.38. The second-order valence-corrected chi connectivity index (χ2v) is 6.76. The van der Waals surface area contributed by atoms with Crippen molar-refractivity contribution in [2.24, 2.45) is 0 Å². The zero-order valence-electron chi connectivity index (χ0n) is 11.3. The van der Waals surface area contributed by atoms with Gasteiger partial charge < -0.3 is 11.1 Å². The maximum absolute atomic E-state index is 12.0. The number of nitrogens with two attached hydrogens (primary N) is 1. The van der Waals surface area contributed by atoms with Crippen molar-refractivity contribution in [2.75, 3.05) is 16.8 Å². The molecule has 2 aromatic carbocycles. The summed E-state index contributed by atoms with van der Waals surface area (Å²) in [5.41, 5.74) is 8.24. The van der Waals surface area contributed by atoms with E-state index in [1.54, 1.807) is 18.2 Å². The molecular formula is C15H14BrClN2OS. The predicted molar refractivity (Wildman–Crippen MR) is 94.1 cm³/mol. The average molecular weight is 386 g/mol. The molecule has 0 saturated carbocycles. The minimum Gasteiger partial charge on any atom is -0.398 e. The molecule has 6 heteroatoms. The van der Waals surface area contributed by atoms with Crippen molar-refractivity contribution >= 4 is 56.6 Å². The molecule has 2 rings (SSSR count). The molecule has 0 bridgehead atoms. The van der Waals surface area contributed by atoms with E-state index < -0.39 is 0 Å². The number of hydrogen-bond donors (Lipinski definition) is 2. The number of hydrogen-bond acceptors (Lipinski definition) is 3. The Balaban J connectivity index is 1.99. The Labute approximate surface area is 141 Å². The van der Waals surface area contributed by atoms with Crippen molar-refractivity contribution in [3.05, 3.63) is 51.5 Å². The molecule has 0 atom stereocenters. The SMILES string of the molecule is Cc1cc(Br)ccc1NC(=O)CSc1c(N)cccc1Cl. The molecule has 0 spiro atoms. The summed E-state index contributed by atoms with van der Waals surface area (Å²) in [7, 11) is 0. The normalized spacial score (nSPS) is 10.4. The lowest BCUT2D eigenvalue weighted by molar-refractivity contribution is -0.113. The standard InChI is InChI=1S/C15H14BrClN2OS/c1-9-7-10(16)5-6-13(9)19-14(20)8-21-15-11(17)3-2-4-12(15)18/h2-7H,8,18H2,1H3,(H,19,20). The number of aryl methyl sites for hydroxylation is 1. The summed E-state index contributed by atoms with van der Waals surface area (Å²) in [6.07, 6.45) is 0. The van der Waals surface area contributed by atoms with Crippen LogP contribution < -0.4 is 11.1 Å². The second-order valence-electron chi connectivity index (χ2n) is 4.45. The van der Waals surface area contributed by atoms with Gasteiger partial charge in [0, 0.05) is 20.7 Å². The van der Waals surface area contributed by atoms with Gasteiger partial charge in [0.25, 0.3) is 0 Å². The summed E-state index contributed by atoms with van der Waals surface area (Å²) >= 11 is 10.8. The number of rotatable bonds is 4. The Hall–Kier alpha value is -1.17. The van der Waals surface area contributed by atoms with Gasteiger partial charge in [-0.15, -0.1) is 11.8 Å². The summed E-state index contributed by atoms with van der Waals surface area (Å²) < 4.78 is 0.983. The Morgan fingerprint density at radius 1 is 1.38 bits per heavy atom. The Kier molecular flexibility index (Phi) is 5.56. The molecule has 1 amide bonds. The van der Waals surface area contributed by atoms with Gasteiger partial charge in [0.2, 0.25) is 5.91 Å². The summed E-state index contributed by atoms with van der Waals surface area (Å²) in [5.74, 6) is 0.161. The van der Waals surface area contributed by atoms with E-state index >= 15 is 0 Å². The second kappa shape index (κ2) is 7.20. The average Bonchev–Trinajstić information content (AvgIpc) is 2.41. The number of amides is 1. The molecule has 0 fully saturated rings. The fourth-order valence-electron chi connectivity index (χ4n) is 1.77. The molecule has 3 N–H and O–H groups in total. The lowest BCUT2D eigenvalue weighted by Crippen LogP contribution is -2.15. The molecule has 0 heterocycles. The Morgan fingerprint density at radius 2 is 2.14 bits per heavy atom. The first-order chi connectivity index (χ1) is 9.97. The number of nitrogens with one attached hydrogen (secondary N) is 1. The van der Waals surface area contributed by atoms with Crippen LogP contribution in [0.3, 0.4) is 0 Å². The lowest BCUT2D eigenvalue weighted by atomic mass is 10.2. The van der Waals surface area contributed by atoms with E-state index in [0.717, 1.165) is 20.6 Å². The van der Waals surface area contributed by atoms with Crippen molar-refractivity contribution in [3.63, 3.8) is 0 Å². The van der Waals surface area contributed by atoms with E-state index in [9.17, 15) is 4.79 Å². The van der Waals surface area contributed by atoms with E-state index in [1.165, 1.54) is 11.8 Å². The first-order valence-corrected chi connectivity index (χ1v) is 8.36. The number of halogens is 2. The molecule has 3 nitrogen and oxygen atoms in total. The summed E-state index contributed by atoms with van der Waals surface area (Å²) in [6, 6.07) is 11.0. The van der Waals surface area contributed by atoms with Crippen molar-refractivity contribution in [2.45, 2.75) is 11.8 Å². The van der Waals surface area contributed by atoms with Gasteiger partial charge in [0.15, 0.2) is 0 Å². The minimum absolute atomic E-state index is 0.0928. The maximum Gasteiger partial charge on any atom is 0.234 e. The first kappa shape index (κ1) is 16.2. The highest BCUT2D eigenvalue weighted by Crippen LogP contribution is 2.32. The Morgan fingerprint density at radius 3 is 2.81 bits per heavy atom. The van der Waals surface area contributed by atoms with Crippen molar-refractivity contribution < 1.29 is 4.79 Å². The van der Waals surface area contributed by atoms with Crippen LogP contribution in [0.25, 0.3) is 0 Å². The molecule has 0 aliphatic heterocycles. The van der Waals surface area contributed by atoms with E-state index in [4.69, 9.17) is 17.3 Å². The number of anilines is 2. The molecule has 0 radical (unpaired) electrons. The number of carbonyl (C=O) groups is 1. The quantitative estimate of drug-likeness (QED) is 0.591. The highest BCUT2D eigenvalue weighted by molar-refractivity contribution is 9.10. The van der Waals surface area contributed by atoms with Gasteiger partial charge >= 0.3 is 0 Å². The van der Waals surface area contributed by atoms with E-state index in [0.29, 0.717) is 10.7 Å². The topological polar surface area (TPSA) is 55.1 Å². The minimum atomic E-state index is -0.0928. The molecule has 21 heavy (non-hydrogen) atoms. The van der Waals surface area contributed by atoms with E-state index in [1.807, 2.05) is 25.1 Å². The number of benzene rings is 2. The molecule has 0 aromatic heterocycles. The molecule has 2 aromatic rings. The van der Waals surface area contributed by atoms with Gasteiger partial charge in [-0.2, -0.15) is 0 Å². The van der Waals surface area contributed by atoms with Gasteiger partial charge in [0.1, 0.15) is 0 Å². The molecule has 0 aliphatic rings. The van der Waals surface area contributed by atoms with Crippen LogP contribution in [-0.4, -0.2) is 11.7 Å². The van der Waals surface area contributed by atoms with Crippen molar-refractivity contribution in [1.82, 2.24) is 0 Å². The molecule has 0 unspecified atom stereocenters. The third-order valence-corrected chi connectivity index (χ3v) is 4.88. The van der Waals surface area contributed by atoms with Crippen LogP contribution in [-0.2, 0) is 4.79 Å². The third kappa shape index (κ3) is 4.40. The molecule has 0 saturated heterocycles. The van der Waals surface area contributed by atoms with Crippen LogP contribution in [0.1, 0.15) is 5.56 Å². The van der Waals surface area contributed by atoms with Crippen LogP contribution in [0.5, 0.6) is 0 Å². The lowest BCUT2D eigenvalue weighted by Gasteiger charge is -2.10. The molecule has 110 valence electrons. The molecule has 0 aliphatic carbocycles. The Bertz CT molecular complexity index is 658. The van der Waals surface area contributed by atoms with Gasteiger partial charge in [-0.05, 0) is 42.8 Å². The van der Waals surface area contributed by atoms with Gasteiger partial charge in [-0.25, -0.2) is 0 Å². The van der Waals surface area contributed by atoms with Crippen LogP contribution in [0, 0.1) is 6.92 Å². The number of carbonyl (C=O) groups excluding carboxylic acids is 1. The van der Waals surface area contributed by atoms with Gasteiger partial charge in [0.05, 0.1) is 10.8 Å². The highest BCUT2D eigenvalue weighted by Gasteiger charge is 2.10. The summed E-state index contributed by atoms with van der Waals surface area (Å²) in [4.78, 5) is 12.8. The number of thioether (sulfide) groups is 1. The van der Waals surface area contributed by atoms with E-state index in [2.05, 4.69) is 21.2 Å². The zero-order chi connectivity index (χ0) is 15.4. The first-order valence-electron chi connectivity index (χ1n) is 6.20. The zero-order valence-corrected chi connectivity index (χ0v) is 14.5. The van der Waals surface area contributed by atoms with Crippen LogP contribution >= 0.6 is 39.3 Å². The van der Waals surface area contributed by atoms with Crippen molar-refractivity contribution in [1.29, 1.82) is 0 Å². The van der Waals surface area contributed by atoms with Crippen LogP contribution in [0.4, 0.5) is 11.4 Å². The number of nitrogen functional groups attached to an aromatic ring is 1. The fraction of sp³-hybridized carbons (Fsp3) is 0.133. The maximum atomic E-state index is 12.0. The van der Waals surface area contributed by atoms with Crippen LogP contribution in [0.2, 0.25) is 5.02 Å². The van der Waals surface area contributed by atoms with Crippen LogP contribution in [0.15, 0.2) is 45.8 Å². The largest absolute Gasteiger partial charge is 0.398 e. The third-order valence-electron chi connectivity index (χ3n) is 2.81. The smallest absolute Gasteiger partial charge is 0.234 e. The van der Waals surface area contributed by atoms with E-state index in [-0.39, 0.29) is 11.7 Å². The molecular weight excluding hydrogens is 372 g/mol. The van der Waals surface area contributed by atoms with Gasteiger partial charge in [-0.3, -0.25) is 4.79 Å². The van der Waals surface area contributed by atoms with Crippen molar-refractivity contribution in [3.8, 4) is 0 Å². The monoisotopic (exact) mass is 384 g/mol. The summed E-state index contributed by atoms with van der Waals surface area (Å²) in [6.45, 7) is 1.94. The van der Waals surface area contributed by atoms with Gasteiger partial charge in [-0.1, -0.05) is 33.6 Å². The summed E-state index contributed by atoms with van der Waals surface area (Å²) in [5, 5.41) is 3.44. The highest BCUT2D eigenvalue weighted by atomic mass is 79.9. The predicted octanol–water partition coefficient (Wildman–Crippen LogP) is 4.72.